The molecule has 1 N–H and O–H groups in total. The van der Waals surface area contributed by atoms with Crippen molar-refractivity contribution in [3.63, 3.8) is 0 Å². The average Bonchev–Trinajstić information content (AvgIpc) is 3.42. The first kappa shape index (κ1) is 23.2. The van der Waals surface area contributed by atoms with Crippen molar-refractivity contribution in [3.8, 4) is 17.8 Å². The summed E-state index contributed by atoms with van der Waals surface area (Å²) in [5, 5.41) is 28.5. The second-order valence-corrected chi connectivity index (χ2v) is 9.58. The van der Waals surface area contributed by atoms with Crippen LogP contribution in [0.5, 0.6) is 0 Å². The zero-order valence-corrected chi connectivity index (χ0v) is 19.7. The molecule has 1 saturated heterocycles. The maximum Gasteiger partial charge on any atom is 0.178 e. The van der Waals surface area contributed by atoms with Gasteiger partial charge in [-0.25, -0.2) is 0 Å². The van der Waals surface area contributed by atoms with Gasteiger partial charge in [0.2, 0.25) is 0 Å². The van der Waals surface area contributed by atoms with E-state index >= 15 is 0 Å². The second-order valence-electron chi connectivity index (χ2n) is 9.58. The first-order chi connectivity index (χ1) is 15.9. The second kappa shape index (κ2) is 9.51. The average molecular weight is 445 g/mol. The van der Waals surface area contributed by atoms with Gasteiger partial charge in [0.15, 0.2) is 5.78 Å². The lowest BCUT2D eigenvalue weighted by atomic mass is 10.1. The molecule has 1 aliphatic carbocycles. The van der Waals surface area contributed by atoms with Gasteiger partial charge in [0.05, 0.1) is 30.4 Å². The fraction of sp³-hybridized carbons (Fsp3) is 0.519. The molecular formula is C27H32N4O2. The van der Waals surface area contributed by atoms with Crippen molar-refractivity contribution in [1.29, 1.82) is 10.5 Å². The van der Waals surface area contributed by atoms with Gasteiger partial charge in [-0.2, -0.15) is 10.5 Å². The van der Waals surface area contributed by atoms with Crippen molar-refractivity contribution >= 4 is 5.78 Å². The van der Waals surface area contributed by atoms with E-state index in [1.54, 1.807) is 12.1 Å². The van der Waals surface area contributed by atoms with Crippen molar-refractivity contribution in [2.75, 3.05) is 6.54 Å². The first-order valence-corrected chi connectivity index (χ1v) is 12.0. The third-order valence-corrected chi connectivity index (χ3v) is 7.52. The van der Waals surface area contributed by atoms with Gasteiger partial charge in [-0.15, -0.1) is 0 Å². The van der Waals surface area contributed by atoms with E-state index in [1.807, 2.05) is 25.1 Å². The lowest BCUT2D eigenvalue weighted by Gasteiger charge is -2.27. The van der Waals surface area contributed by atoms with Crippen LogP contribution in [0.1, 0.15) is 79.2 Å². The number of hydrogen-bond donors (Lipinski definition) is 1. The number of nitrogens with zero attached hydrogens (tertiary/aromatic N) is 4. The number of aromatic nitrogens is 1. The van der Waals surface area contributed by atoms with Crippen molar-refractivity contribution in [3.05, 3.63) is 52.8 Å². The lowest BCUT2D eigenvalue weighted by molar-refractivity contribution is 0.0806. The van der Waals surface area contributed by atoms with Gasteiger partial charge in [-0.1, -0.05) is 6.92 Å². The summed E-state index contributed by atoms with van der Waals surface area (Å²) in [6, 6.07) is 14.1. The largest absolute Gasteiger partial charge is 0.391 e. The highest BCUT2D eigenvalue weighted by molar-refractivity contribution is 5.99. The summed E-state index contributed by atoms with van der Waals surface area (Å²) in [5.74, 6) is 0.886. The molecule has 0 radical (unpaired) electrons. The summed E-state index contributed by atoms with van der Waals surface area (Å²) in [6.45, 7) is 6.43. The van der Waals surface area contributed by atoms with Crippen LogP contribution in [-0.4, -0.2) is 45.1 Å². The summed E-state index contributed by atoms with van der Waals surface area (Å²) in [7, 11) is 0. The molecule has 2 aliphatic rings. The molecule has 2 fully saturated rings. The molecule has 2 unspecified atom stereocenters. The van der Waals surface area contributed by atoms with Crippen LogP contribution in [0.3, 0.4) is 0 Å². The predicted molar refractivity (Wildman–Crippen MR) is 126 cm³/mol. The highest BCUT2D eigenvalue weighted by Crippen LogP contribution is 2.51. The predicted octanol–water partition coefficient (Wildman–Crippen LogP) is 4.48. The molecule has 1 aromatic carbocycles. The molecule has 6 heteroatoms. The van der Waals surface area contributed by atoms with Crippen molar-refractivity contribution in [2.45, 2.75) is 77.0 Å². The van der Waals surface area contributed by atoms with E-state index in [4.69, 9.17) is 10.5 Å². The van der Waals surface area contributed by atoms with E-state index in [9.17, 15) is 9.90 Å². The van der Waals surface area contributed by atoms with Crippen LogP contribution >= 0.6 is 0 Å². The van der Waals surface area contributed by atoms with E-state index in [-0.39, 0.29) is 24.0 Å². The van der Waals surface area contributed by atoms with Gasteiger partial charge in [0.1, 0.15) is 0 Å². The van der Waals surface area contributed by atoms with Gasteiger partial charge in [-0.05, 0) is 75.8 Å². The smallest absolute Gasteiger partial charge is 0.178 e. The molecular weight excluding hydrogens is 412 g/mol. The molecule has 1 aromatic heterocycles. The first-order valence-electron chi connectivity index (χ1n) is 12.0. The molecule has 2 aromatic rings. The number of carbonyl (C=O) groups is 1. The number of benzene rings is 1. The van der Waals surface area contributed by atoms with Crippen molar-refractivity contribution in [1.82, 2.24) is 9.47 Å². The third-order valence-electron chi connectivity index (χ3n) is 7.52. The molecule has 4 rings (SSSR count). The van der Waals surface area contributed by atoms with Crippen LogP contribution in [0.4, 0.5) is 0 Å². The lowest BCUT2D eigenvalue weighted by Crippen LogP contribution is -2.41. The van der Waals surface area contributed by atoms with E-state index in [1.165, 1.54) is 0 Å². The number of Topliss-reactive ketones (excluding diaryl/α,β-unsaturated/α-hetero) is 1. The Bertz CT molecular complexity index is 1100. The molecule has 33 heavy (non-hydrogen) atoms. The summed E-state index contributed by atoms with van der Waals surface area (Å²) in [5.41, 5.74) is 4.30. The number of ketones is 1. The SMILES string of the molecule is CCC1[C@@H](O)CC(C)N1CC(=O)c1cc([C@@H]2C[C@H]2CCC#N)n(-c2ccc(C#N)cc2)c1C. The Labute approximate surface area is 196 Å². The molecule has 6 nitrogen and oxygen atoms in total. The fourth-order valence-corrected chi connectivity index (χ4v) is 5.61. The number of rotatable bonds is 8. The molecule has 0 amide bonds. The minimum absolute atomic E-state index is 0.0168. The number of carbonyl (C=O) groups excluding carboxylic acids is 1. The van der Waals surface area contributed by atoms with Crippen LogP contribution in [0.15, 0.2) is 30.3 Å². The van der Waals surface area contributed by atoms with E-state index in [0.717, 1.165) is 41.9 Å². The third kappa shape index (κ3) is 4.47. The van der Waals surface area contributed by atoms with Gasteiger partial charge in [0.25, 0.3) is 0 Å². The molecule has 0 bridgehead atoms. The molecule has 5 atom stereocenters. The normalized spacial score (nSPS) is 26.7. The Hall–Kier alpha value is -2.93. The summed E-state index contributed by atoms with van der Waals surface area (Å²) in [4.78, 5) is 15.7. The van der Waals surface area contributed by atoms with E-state index in [0.29, 0.717) is 36.8 Å². The van der Waals surface area contributed by atoms with Gasteiger partial charge >= 0.3 is 0 Å². The molecule has 1 saturated carbocycles. The van der Waals surface area contributed by atoms with Crippen LogP contribution in [-0.2, 0) is 0 Å². The zero-order valence-electron chi connectivity index (χ0n) is 19.7. The summed E-state index contributed by atoms with van der Waals surface area (Å²) in [6.07, 6.45) is 3.59. The minimum Gasteiger partial charge on any atom is -0.391 e. The Morgan fingerprint density at radius 1 is 1.21 bits per heavy atom. The van der Waals surface area contributed by atoms with Crippen LogP contribution in [0.2, 0.25) is 0 Å². The molecule has 1 aliphatic heterocycles. The van der Waals surface area contributed by atoms with Gasteiger partial charge in [0, 0.05) is 47.1 Å². The van der Waals surface area contributed by atoms with Gasteiger partial charge < -0.3 is 9.67 Å². The molecule has 0 spiro atoms. The number of aliphatic hydroxyl groups excluding tert-OH is 1. The van der Waals surface area contributed by atoms with Crippen LogP contribution in [0, 0.1) is 35.5 Å². The molecule has 172 valence electrons. The van der Waals surface area contributed by atoms with Crippen LogP contribution < -0.4 is 0 Å². The number of nitriles is 2. The number of aliphatic hydroxyl groups is 1. The number of hydrogen-bond acceptors (Lipinski definition) is 5. The van der Waals surface area contributed by atoms with E-state index in [2.05, 4.69) is 35.5 Å². The zero-order chi connectivity index (χ0) is 23.7. The van der Waals surface area contributed by atoms with Gasteiger partial charge in [-0.3, -0.25) is 9.69 Å². The summed E-state index contributed by atoms with van der Waals surface area (Å²) < 4.78 is 2.16. The maximum absolute atomic E-state index is 13.5. The van der Waals surface area contributed by atoms with Crippen LogP contribution in [0.25, 0.3) is 5.69 Å². The number of likely N-dealkylation sites (tertiary alicyclic amines) is 1. The Kier molecular flexibility index (Phi) is 6.70. The summed E-state index contributed by atoms with van der Waals surface area (Å²) >= 11 is 0. The Morgan fingerprint density at radius 3 is 2.58 bits per heavy atom. The topological polar surface area (TPSA) is 93.0 Å². The minimum atomic E-state index is -0.384. The van der Waals surface area contributed by atoms with Crippen molar-refractivity contribution < 1.29 is 9.90 Å². The van der Waals surface area contributed by atoms with E-state index < -0.39 is 0 Å². The Morgan fingerprint density at radius 2 is 1.94 bits per heavy atom. The Balaban J connectivity index is 1.67. The fourth-order valence-electron chi connectivity index (χ4n) is 5.61. The quantitative estimate of drug-likeness (QED) is 0.606. The van der Waals surface area contributed by atoms with Crippen molar-refractivity contribution in [2.24, 2.45) is 5.92 Å². The monoisotopic (exact) mass is 444 g/mol. The molecule has 2 heterocycles. The maximum atomic E-state index is 13.5. The highest BCUT2D eigenvalue weighted by Gasteiger charge is 2.42. The highest BCUT2D eigenvalue weighted by atomic mass is 16.3. The standard InChI is InChI=1S/C27H32N4O2/c1-4-24-26(32)12-17(2)30(24)16-27(33)22-14-25(23-13-20(23)6-5-11-28)31(18(22)3)21-9-7-19(15-29)8-10-21/h7-10,14,17,20,23-24,26,32H,4-6,12-13,16H2,1-3H3/t17?,20-,23-,24?,26+/m1/s1.